The van der Waals surface area contributed by atoms with E-state index in [0.29, 0.717) is 6.54 Å². The second kappa shape index (κ2) is 5.12. The van der Waals surface area contributed by atoms with Gasteiger partial charge in [0.15, 0.2) is 0 Å². The van der Waals surface area contributed by atoms with Gasteiger partial charge in [0, 0.05) is 18.9 Å². The van der Waals surface area contributed by atoms with Gasteiger partial charge in [-0.15, -0.1) is 0 Å². The molecule has 0 bridgehead atoms. The van der Waals surface area contributed by atoms with Crippen molar-refractivity contribution in [3.63, 3.8) is 0 Å². The molecule has 1 aromatic rings. The minimum Gasteiger partial charge on any atom is -0.380 e. The SMILES string of the molecule is COC(C)Cn1cccc(C(C)C)c1=O. The van der Waals surface area contributed by atoms with E-state index in [4.69, 9.17) is 4.74 Å². The molecule has 0 aromatic carbocycles. The standard InChI is InChI=1S/C12H19NO2/c1-9(2)11-6-5-7-13(12(11)14)8-10(3)15-4/h5-7,9-10H,8H2,1-4H3. The summed E-state index contributed by atoms with van der Waals surface area (Å²) in [5.74, 6) is 0.266. The number of hydrogen-bond donors (Lipinski definition) is 0. The van der Waals surface area contributed by atoms with E-state index in [2.05, 4.69) is 0 Å². The van der Waals surface area contributed by atoms with E-state index in [9.17, 15) is 4.79 Å². The maximum Gasteiger partial charge on any atom is 0.254 e. The topological polar surface area (TPSA) is 31.2 Å². The largest absolute Gasteiger partial charge is 0.380 e. The van der Waals surface area contributed by atoms with E-state index in [-0.39, 0.29) is 17.6 Å². The van der Waals surface area contributed by atoms with Crippen LogP contribution in [0.5, 0.6) is 0 Å². The molecule has 1 heterocycles. The first-order valence-electron chi connectivity index (χ1n) is 5.28. The van der Waals surface area contributed by atoms with Crippen molar-refractivity contribution in [2.45, 2.75) is 39.3 Å². The lowest BCUT2D eigenvalue weighted by Gasteiger charge is -2.13. The van der Waals surface area contributed by atoms with E-state index in [0.717, 1.165) is 5.56 Å². The van der Waals surface area contributed by atoms with Crippen LogP contribution in [-0.2, 0) is 11.3 Å². The zero-order valence-corrected chi connectivity index (χ0v) is 9.86. The molecule has 15 heavy (non-hydrogen) atoms. The van der Waals surface area contributed by atoms with Crippen LogP contribution in [0.3, 0.4) is 0 Å². The van der Waals surface area contributed by atoms with Crippen LogP contribution in [0.25, 0.3) is 0 Å². The van der Waals surface area contributed by atoms with Gasteiger partial charge in [-0.3, -0.25) is 4.79 Å². The van der Waals surface area contributed by atoms with Gasteiger partial charge < -0.3 is 9.30 Å². The number of methoxy groups -OCH3 is 1. The molecule has 0 spiro atoms. The lowest BCUT2D eigenvalue weighted by Crippen LogP contribution is -2.28. The Morgan fingerprint density at radius 3 is 2.60 bits per heavy atom. The van der Waals surface area contributed by atoms with Crippen molar-refractivity contribution in [2.24, 2.45) is 0 Å². The van der Waals surface area contributed by atoms with Gasteiger partial charge in [-0.25, -0.2) is 0 Å². The Morgan fingerprint density at radius 2 is 2.07 bits per heavy atom. The molecule has 0 saturated carbocycles. The number of pyridine rings is 1. The lowest BCUT2D eigenvalue weighted by molar-refractivity contribution is 0.102. The van der Waals surface area contributed by atoms with Gasteiger partial charge in [0.1, 0.15) is 0 Å². The molecular weight excluding hydrogens is 190 g/mol. The average Bonchev–Trinajstić information content (AvgIpc) is 2.20. The Hall–Kier alpha value is -1.09. The zero-order valence-electron chi connectivity index (χ0n) is 9.86. The molecule has 0 aliphatic carbocycles. The molecule has 0 amide bonds. The van der Waals surface area contributed by atoms with E-state index in [1.807, 2.05) is 39.1 Å². The van der Waals surface area contributed by atoms with E-state index < -0.39 is 0 Å². The third-order valence-electron chi connectivity index (χ3n) is 2.53. The molecule has 1 aromatic heterocycles. The maximum absolute atomic E-state index is 12.0. The van der Waals surface area contributed by atoms with Gasteiger partial charge in [0.2, 0.25) is 0 Å². The molecule has 0 aliphatic rings. The van der Waals surface area contributed by atoms with Gasteiger partial charge in [0.05, 0.1) is 12.6 Å². The van der Waals surface area contributed by atoms with Crippen molar-refractivity contribution in [3.05, 3.63) is 34.2 Å². The predicted molar refractivity (Wildman–Crippen MR) is 61.3 cm³/mol. The van der Waals surface area contributed by atoms with E-state index in [1.165, 1.54) is 0 Å². The summed E-state index contributed by atoms with van der Waals surface area (Å²) in [5.41, 5.74) is 0.956. The van der Waals surface area contributed by atoms with Crippen LogP contribution in [0.2, 0.25) is 0 Å². The first-order chi connectivity index (χ1) is 7.06. The molecule has 0 N–H and O–H groups in total. The molecule has 3 nitrogen and oxygen atoms in total. The second-order valence-electron chi connectivity index (χ2n) is 4.12. The fourth-order valence-electron chi connectivity index (χ4n) is 1.49. The quantitative estimate of drug-likeness (QED) is 0.759. The molecule has 1 atom stereocenters. The lowest BCUT2D eigenvalue weighted by atomic mass is 10.1. The van der Waals surface area contributed by atoms with Crippen molar-refractivity contribution in [3.8, 4) is 0 Å². The van der Waals surface area contributed by atoms with Crippen molar-refractivity contribution in [1.29, 1.82) is 0 Å². The highest BCUT2D eigenvalue weighted by Crippen LogP contribution is 2.08. The second-order valence-corrected chi connectivity index (χ2v) is 4.12. The Bertz CT molecular complexity index is 368. The van der Waals surface area contributed by atoms with Crippen molar-refractivity contribution < 1.29 is 4.74 Å². The summed E-state index contributed by atoms with van der Waals surface area (Å²) < 4.78 is 6.86. The molecule has 0 saturated heterocycles. The Labute approximate surface area is 90.7 Å². The van der Waals surface area contributed by atoms with Gasteiger partial charge in [-0.1, -0.05) is 19.9 Å². The van der Waals surface area contributed by atoms with Crippen LogP contribution in [-0.4, -0.2) is 17.8 Å². The highest BCUT2D eigenvalue weighted by molar-refractivity contribution is 5.14. The summed E-state index contributed by atoms with van der Waals surface area (Å²) in [6, 6.07) is 3.81. The first-order valence-corrected chi connectivity index (χ1v) is 5.28. The van der Waals surface area contributed by atoms with E-state index in [1.54, 1.807) is 11.7 Å². The Morgan fingerprint density at radius 1 is 1.40 bits per heavy atom. The molecule has 0 radical (unpaired) electrons. The number of hydrogen-bond acceptors (Lipinski definition) is 2. The molecule has 1 rings (SSSR count). The number of nitrogens with zero attached hydrogens (tertiary/aromatic N) is 1. The number of rotatable bonds is 4. The van der Waals surface area contributed by atoms with Crippen LogP contribution in [0.1, 0.15) is 32.3 Å². The van der Waals surface area contributed by atoms with Crippen LogP contribution < -0.4 is 5.56 Å². The summed E-state index contributed by atoms with van der Waals surface area (Å²) in [4.78, 5) is 12.0. The monoisotopic (exact) mass is 209 g/mol. The first kappa shape index (κ1) is 12.0. The third kappa shape index (κ3) is 2.93. The van der Waals surface area contributed by atoms with Crippen LogP contribution in [0.15, 0.2) is 23.1 Å². The fourth-order valence-corrected chi connectivity index (χ4v) is 1.49. The Balaban J connectivity index is 3.00. The molecule has 0 aliphatic heterocycles. The third-order valence-corrected chi connectivity index (χ3v) is 2.53. The smallest absolute Gasteiger partial charge is 0.254 e. The summed E-state index contributed by atoms with van der Waals surface area (Å²) in [5, 5.41) is 0. The van der Waals surface area contributed by atoms with Gasteiger partial charge >= 0.3 is 0 Å². The van der Waals surface area contributed by atoms with Crippen molar-refractivity contribution in [1.82, 2.24) is 4.57 Å². The fraction of sp³-hybridized carbons (Fsp3) is 0.583. The minimum absolute atomic E-state index is 0.0603. The predicted octanol–water partition coefficient (Wildman–Crippen LogP) is 2.01. The maximum atomic E-state index is 12.0. The van der Waals surface area contributed by atoms with Crippen LogP contribution in [0.4, 0.5) is 0 Å². The summed E-state index contributed by atoms with van der Waals surface area (Å²) in [6.45, 7) is 6.62. The molecule has 3 heteroatoms. The molecule has 1 unspecified atom stereocenters. The summed E-state index contributed by atoms with van der Waals surface area (Å²) in [6.07, 6.45) is 1.87. The number of aromatic nitrogens is 1. The van der Waals surface area contributed by atoms with Crippen molar-refractivity contribution in [2.75, 3.05) is 7.11 Å². The van der Waals surface area contributed by atoms with Gasteiger partial charge in [-0.05, 0) is 18.9 Å². The van der Waals surface area contributed by atoms with Crippen LogP contribution in [0, 0.1) is 0 Å². The minimum atomic E-state index is 0.0603. The highest BCUT2D eigenvalue weighted by atomic mass is 16.5. The molecular formula is C12H19NO2. The summed E-state index contributed by atoms with van der Waals surface area (Å²) >= 11 is 0. The Kier molecular flexibility index (Phi) is 4.09. The van der Waals surface area contributed by atoms with E-state index >= 15 is 0 Å². The highest BCUT2D eigenvalue weighted by Gasteiger charge is 2.08. The van der Waals surface area contributed by atoms with Gasteiger partial charge in [-0.2, -0.15) is 0 Å². The average molecular weight is 209 g/mol. The zero-order chi connectivity index (χ0) is 11.4. The number of ether oxygens (including phenoxy) is 1. The van der Waals surface area contributed by atoms with Crippen LogP contribution >= 0.6 is 0 Å². The van der Waals surface area contributed by atoms with Crippen molar-refractivity contribution >= 4 is 0 Å². The summed E-state index contributed by atoms with van der Waals surface area (Å²) in [7, 11) is 1.65. The molecule has 84 valence electrons. The normalized spacial score (nSPS) is 13.1. The molecule has 0 fully saturated rings. The van der Waals surface area contributed by atoms with Gasteiger partial charge in [0.25, 0.3) is 5.56 Å².